The van der Waals surface area contributed by atoms with Crippen LogP contribution in [0.25, 0.3) is 22.0 Å². The molecule has 0 radical (unpaired) electrons. The lowest BCUT2D eigenvalue weighted by Crippen LogP contribution is -2.58. The molecule has 1 amide bonds. The van der Waals surface area contributed by atoms with Crippen molar-refractivity contribution in [2.45, 2.75) is 49.5 Å². The summed E-state index contributed by atoms with van der Waals surface area (Å²) in [6, 6.07) is 9.31. The number of carbonyl (C=O) groups is 1. The largest absolute Gasteiger partial charge is 0.417 e. The number of piperazine rings is 1. The van der Waals surface area contributed by atoms with Gasteiger partial charge in [-0.25, -0.2) is 9.18 Å². The van der Waals surface area contributed by atoms with Crippen LogP contribution in [0.1, 0.15) is 30.2 Å². The Morgan fingerprint density at radius 1 is 1.09 bits per heavy atom. The number of alkyl halides is 3. The van der Waals surface area contributed by atoms with E-state index in [-0.39, 0.29) is 65.9 Å². The van der Waals surface area contributed by atoms with E-state index in [1.807, 2.05) is 31.4 Å². The molecule has 1 saturated heterocycles. The second kappa shape index (κ2) is 11.1. The number of hydrogen-bond acceptors (Lipinski definition) is 6. The minimum atomic E-state index is -4.75. The maximum Gasteiger partial charge on any atom is 0.417 e. The SMILES string of the molecule is C=CC(=O)N1[C@H](C)CN(c2nc(=O)n3c4c(c(-c5ccc(F)cc5)c(C(F)(F)F)cc24)SCC(c2cccs2)C3)C[C@@H]1C. The Balaban J connectivity index is 1.63. The van der Waals surface area contributed by atoms with E-state index in [4.69, 9.17) is 0 Å². The van der Waals surface area contributed by atoms with E-state index in [9.17, 15) is 27.2 Å². The third kappa shape index (κ3) is 5.24. The van der Waals surface area contributed by atoms with Gasteiger partial charge in [-0.2, -0.15) is 18.2 Å². The van der Waals surface area contributed by atoms with Crippen molar-refractivity contribution in [3.8, 4) is 11.1 Å². The van der Waals surface area contributed by atoms with Gasteiger partial charge in [0.25, 0.3) is 0 Å². The first-order valence-electron chi connectivity index (χ1n) is 13.8. The Morgan fingerprint density at radius 3 is 2.40 bits per heavy atom. The van der Waals surface area contributed by atoms with E-state index in [1.54, 1.807) is 9.80 Å². The average Bonchev–Trinajstić information content (AvgIpc) is 3.42. The highest BCUT2D eigenvalue weighted by atomic mass is 32.2. The Bertz CT molecular complexity index is 1760. The van der Waals surface area contributed by atoms with E-state index in [2.05, 4.69) is 11.6 Å². The van der Waals surface area contributed by atoms with Crippen LogP contribution in [0.15, 0.2) is 70.2 Å². The number of rotatable bonds is 4. The number of anilines is 1. The second-order valence-electron chi connectivity index (χ2n) is 10.9. The number of aromatic nitrogens is 2. The fourth-order valence-electron chi connectivity index (χ4n) is 6.26. The zero-order chi connectivity index (χ0) is 30.6. The molecule has 2 aliphatic rings. The number of thioether (sulfide) groups is 1. The standard InChI is InChI=1S/C31H28F4N4O2S2/c1-4-25(40)39-17(2)13-37(14-18(39)3)29-22-12-23(31(33,34)35)26(19-7-9-21(32)10-8-19)28-27(22)38(30(41)36-29)15-20(16-43-28)24-6-5-11-42-24/h4-12,17-18,20H,1,13-16H2,2-3H3/t17-,18+,20?. The van der Waals surface area contributed by atoms with E-state index < -0.39 is 23.2 Å². The average molecular weight is 629 g/mol. The molecule has 0 spiro atoms. The lowest BCUT2D eigenvalue weighted by atomic mass is 9.96. The molecule has 224 valence electrons. The number of halogens is 4. The number of carbonyl (C=O) groups excluding carboxylic acids is 1. The molecule has 6 rings (SSSR count). The highest BCUT2D eigenvalue weighted by Gasteiger charge is 2.40. The van der Waals surface area contributed by atoms with Crippen LogP contribution in [0, 0.1) is 5.82 Å². The highest BCUT2D eigenvalue weighted by molar-refractivity contribution is 7.99. The Hall–Kier alpha value is -3.64. The molecule has 0 bridgehead atoms. The van der Waals surface area contributed by atoms with Gasteiger partial charge in [0.1, 0.15) is 11.6 Å². The molecule has 3 atom stereocenters. The summed E-state index contributed by atoms with van der Waals surface area (Å²) < 4.78 is 60.1. The Labute approximate surface area is 253 Å². The van der Waals surface area contributed by atoms with Crippen LogP contribution in [0.2, 0.25) is 0 Å². The minimum Gasteiger partial charge on any atom is -0.352 e. The third-order valence-electron chi connectivity index (χ3n) is 8.06. The molecule has 43 heavy (non-hydrogen) atoms. The van der Waals surface area contributed by atoms with Crippen molar-refractivity contribution < 1.29 is 22.4 Å². The number of benzene rings is 2. The van der Waals surface area contributed by atoms with E-state index in [0.717, 1.165) is 23.1 Å². The summed E-state index contributed by atoms with van der Waals surface area (Å²) in [6.07, 6.45) is -3.50. The first-order valence-corrected chi connectivity index (χ1v) is 15.6. The topological polar surface area (TPSA) is 58.4 Å². The first-order chi connectivity index (χ1) is 20.5. The van der Waals surface area contributed by atoms with Crippen molar-refractivity contribution in [2.75, 3.05) is 23.7 Å². The summed E-state index contributed by atoms with van der Waals surface area (Å²) >= 11 is 2.81. The fourth-order valence-corrected chi connectivity index (χ4v) is 8.57. The van der Waals surface area contributed by atoms with Crippen LogP contribution < -0.4 is 10.6 Å². The molecule has 6 nitrogen and oxygen atoms in total. The van der Waals surface area contributed by atoms with Crippen LogP contribution >= 0.6 is 23.1 Å². The smallest absolute Gasteiger partial charge is 0.352 e. The van der Waals surface area contributed by atoms with E-state index >= 15 is 0 Å². The molecule has 1 fully saturated rings. The molecule has 2 aliphatic heterocycles. The first kappa shape index (κ1) is 29.4. The predicted octanol–water partition coefficient (Wildman–Crippen LogP) is 6.78. The predicted molar refractivity (Wildman–Crippen MR) is 162 cm³/mol. The maximum absolute atomic E-state index is 14.9. The van der Waals surface area contributed by atoms with Gasteiger partial charge in [-0.15, -0.1) is 23.1 Å². The summed E-state index contributed by atoms with van der Waals surface area (Å²) in [5, 5.41) is 2.15. The van der Waals surface area contributed by atoms with Crippen molar-refractivity contribution in [2.24, 2.45) is 0 Å². The van der Waals surface area contributed by atoms with Gasteiger partial charge in [0.15, 0.2) is 0 Å². The lowest BCUT2D eigenvalue weighted by Gasteiger charge is -2.44. The zero-order valence-corrected chi connectivity index (χ0v) is 25.0. The Morgan fingerprint density at radius 2 is 1.79 bits per heavy atom. The van der Waals surface area contributed by atoms with Gasteiger partial charge < -0.3 is 9.80 Å². The summed E-state index contributed by atoms with van der Waals surface area (Å²) in [5.41, 5.74) is -0.911. The molecular weight excluding hydrogens is 600 g/mol. The van der Waals surface area contributed by atoms with Crippen LogP contribution in [-0.4, -0.2) is 51.3 Å². The number of thiophene rings is 1. The van der Waals surface area contributed by atoms with Crippen molar-refractivity contribution in [3.05, 3.63) is 87.2 Å². The van der Waals surface area contributed by atoms with Crippen LogP contribution in [-0.2, 0) is 17.5 Å². The molecule has 4 aromatic rings. The quantitative estimate of drug-likeness (QED) is 0.184. The molecule has 0 saturated carbocycles. The van der Waals surface area contributed by atoms with Crippen molar-refractivity contribution in [1.82, 2.24) is 14.5 Å². The van der Waals surface area contributed by atoms with E-state index in [0.29, 0.717) is 16.2 Å². The molecule has 1 unspecified atom stereocenters. The van der Waals surface area contributed by atoms with Crippen LogP contribution in [0.3, 0.4) is 0 Å². The number of nitrogens with zero attached hydrogens (tertiary/aromatic N) is 4. The van der Waals surface area contributed by atoms with E-state index in [1.165, 1.54) is 45.9 Å². The second-order valence-corrected chi connectivity index (χ2v) is 12.9. The molecule has 12 heteroatoms. The molecule has 4 heterocycles. The number of hydrogen-bond donors (Lipinski definition) is 0. The summed E-state index contributed by atoms with van der Waals surface area (Å²) in [6.45, 7) is 8.09. The normalized spacial score (nSPS) is 20.7. The van der Waals surface area contributed by atoms with Gasteiger partial charge in [0.2, 0.25) is 5.91 Å². The van der Waals surface area contributed by atoms with Gasteiger partial charge in [-0.05, 0) is 55.1 Å². The van der Waals surface area contributed by atoms with Crippen LogP contribution in [0.5, 0.6) is 0 Å². The van der Waals surface area contributed by atoms with Gasteiger partial charge in [0, 0.05) is 64.1 Å². The zero-order valence-electron chi connectivity index (χ0n) is 23.4. The Kier molecular flexibility index (Phi) is 7.62. The maximum atomic E-state index is 14.9. The minimum absolute atomic E-state index is 0.0785. The summed E-state index contributed by atoms with van der Waals surface area (Å²) in [7, 11) is 0. The van der Waals surface area contributed by atoms with Gasteiger partial charge >= 0.3 is 11.9 Å². The van der Waals surface area contributed by atoms with Crippen LogP contribution in [0.4, 0.5) is 23.4 Å². The molecule has 0 N–H and O–H groups in total. The van der Waals surface area contributed by atoms with Gasteiger partial charge in [-0.3, -0.25) is 9.36 Å². The fraction of sp³-hybridized carbons (Fsp3) is 0.323. The third-order valence-corrected chi connectivity index (χ3v) is 10.4. The molecule has 2 aromatic carbocycles. The molecule has 0 aliphatic carbocycles. The van der Waals surface area contributed by atoms with Crippen molar-refractivity contribution in [3.63, 3.8) is 0 Å². The lowest BCUT2D eigenvalue weighted by molar-refractivity contribution is -0.137. The molecular formula is C31H28F4N4O2S2. The summed E-state index contributed by atoms with van der Waals surface area (Å²) in [5.74, 6) is -0.323. The summed E-state index contributed by atoms with van der Waals surface area (Å²) in [4.78, 5) is 35.6. The number of amides is 1. The monoisotopic (exact) mass is 628 g/mol. The van der Waals surface area contributed by atoms with Crippen molar-refractivity contribution >= 4 is 45.7 Å². The highest BCUT2D eigenvalue weighted by Crippen LogP contribution is 2.49. The van der Waals surface area contributed by atoms with Crippen molar-refractivity contribution in [1.29, 1.82) is 0 Å². The van der Waals surface area contributed by atoms with Gasteiger partial charge in [0.05, 0.1) is 11.1 Å². The molecule has 2 aromatic heterocycles. The van der Waals surface area contributed by atoms with Gasteiger partial charge in [-0.1, -0.05) is 24.8 Å².